The summed E-state index contributed by atoms with van der Waals surface area (Å²) in [5.74, 6) is 0. The summed E-state index contributed by atoms with van der Waals surface area (Å²) in [5, 5.41) is 0. The molecule has 0 aromatic heterocycles. The van der Waals surface area contributed by atoms with Crippen LogP contribution in [0.3, 0.4) is 0 Å². The van der Waals surface area contributed by atoms with Crippen molar-refractivity contribution in [1.82, 2.24) is 0 Å². The minimum atomic E-state index is -6.00. The van der Waals surface area contributed by atoms with E-state index in [0.29, 0.717) is 0 Å². The third kappa shape index (κ3) is 12700. The van der Waals surface area contributed by atoms with Gasteiger partial charge < -0.3 is 73.5 Å². The maximum atomic E-state index is 9.75. The van der Waals surface area contributed by atoms with E-state index in [9.17, 15) is 69.1 Å². The van der Waals surface area contributed by atoms with E-state index in [-0.39, 0.29) is 0 Å². The van der Waals surface area contributed by atoms with Gasteiger partial charge in [0.15, 0.2) is 0 Å². The molecule has 0 radical (unpaired) electrons. The zero-order chi connectivity index (χ0) is 22.5. The lowest BCUT2D eigenvalue weighted by molar-refractivity contribution is -0.849. The molecule has 0 saturated carbocycles. The van der Waals surface area contributed by atoms with Gasteiger partial charge in [-0.05, 0) is 0 Å². The fourth-order valence-electron chi connectivity index (χ4n) is 0. The van der Waals surface area contributed by atoms with E-state index in [4.69, 9.17) is 0 Å². The van der Waals surface area contributed by atoms with Crippen molar-refractivity contribution in [3.05, 3.63) is 0 Å². The summed E-state index contributed by atoms with van der Waals surface area (Å²) >= 11 is 0. The maximum Gasteiger partial charge on any atom is 0.673 e. The van der Waals surface area contributed by atoms with Crippen LogP contribution >= 0.6 is 0 Å². The van der Waals surface area contributed by atoms with E-state index < -0.39 is 29.0 Å². The third-order valence-corrected chi connectivity index (χ3v) is 0. The Morgan fingerprint density at radius 3 is 0.320 bits per heavy atom. The summed E-state index contributed by atoms with van der Waals surface area (Å²) in [7, 11) is -15.5. The van der Waals surface area contributed by atoms with Crippen molar-refractivity contribution in [2.24, 2.45) is 0 Å². The highest BCUT2D eigenvalue weighted by Crippen LogP contribution is 2.08. The third-order valence-electron chi connectivity index (χ3n) is 0. The Labute approximate surface area is 132 Å². The first-order valence-electron chi connectivity index (χ1n) is 5.28. The second-order valence-corrected chi connectivity index (χ2v) is 4.66. The molecule has 0 unspecified atom stereocenters. The zero-order valence-electron chi connectivity index (χ0n) is 12.8. The summed E-state index contributed by atoms with van der Waals surface area (Å²) in [6.45, 7) is 0. The van der Waals surface area contributed by atoms with E-state index >= 15 is 0 Å². The second kappa shape index (κ2) is 13.3. The lowest BCUT2D eigenvalue weighted by atomic mass is 10.3. The largest absolute Gasteiger partial charge is 0.673 e. The van der Waals surface area contributed by atoms with Gasteiger partial charge in [-0.3, -0.25) is 0 Å². The van der Waals surface area contributed by atoms with Gasteiger partial charge in [0.2, 0.25) is 0 Å². The molecule has 0 atom stereocenters. The van der Waals surface area contributed by atoms with E-state index in [1.54, 1.807) is 0 Å². The number of hydrogen-bond donors (Lipinski definition) is 0. The van der Waals surface area contributed by atoms with Crippen LogP contribution in [0.4, 0.5) is 69.1 Å². The van der Waals surface area contributed by atoms with E-state index in [1.165, 1.54) is 0 Å². The van der Waals surface area contributed by atoms with Crippen LogP contribution in [0.2, 0.25) is 0 Å². The first-order valence-corrected chi connectivity index (χ1v) is 5.28. The van der Waals surface area contributed by atoms with Crippen molar-refractivity contribution in [3.8, 4) is 0 Å². The maximum absolute atomic E-state index is 9.75. The van der Waals surface area contributed by atoms with Crippen LogP contribution in [-0.4, -0.2) is 61.7 Å². The van der Waals surface area contributed by atoms with Crippen LogP contribution in [-0.2, 0) is 0 Å². The number of hydrogen-bond acceptors (Lipinski definition) is 0. The van der Waals surface area contributed by atoms with Gasteiger partial charge in [0.1, 0.15) is 0 Å². The summed E-state index contributed by atoms with van der Waals surface area (Å²) < 4.78 is 157. The van der Waals surface area contributed by atoms with Gasteiger partial charge in [-0.15, -0.1) is 0 Å². The molecule has 0 aliphatic rings. The Morgan fingerprint density at radius 2 is 0.320 bits per heavy atom. The highest BCUT2D eigenvalue weighted by Gasteiger charge is 2.21. The minimum absolute atomic E-state index is 1.00. The van der Waals surface area contributed by atoms with Gasteiger partial charge in [0, 0.05) is 0 Å². The van der Waals surface area contributed by atoms with Gasteiger partial charge in [0.25, 0.3) is 0 Å². The van der Waals surface area contributed by atoms with Crippen LogP contribution < -0.4 is 0 Å². The molecule has 0 rings (SSSR count). The van der Waals surface area contributed by atoms with Gasteiger partial charge in [0.05, 0.1) is 28.2 Å². The molecule has 0 bridgehead atoms. The molecule has 0 N–H and O–H groups in total. The first-order chi connectivity index (χ1) is 10.0. The van der Waals surface area contributed by atoms with Crippen molar-refractivity contribution in [3.63, 3.8) is 0 Å². The van der Waals surface area contributed by atoms with Crippen molar-refractivity contribution >= 4 is 29.0 Å². The molecular formula is C4H12B4F16N-3. The zero-order valence-corrected chi connectivity index (χ0v) is 12.8. The monoisotopic (exact) mass is 422 g/mol. The Hall–Kier alpha value is -0.900. The number of halogens is 16. The molecule has 0 aliphatic carbocycles. The average Bonchev–Trinajstić information content (AvgIpc) is 1.79. The second-order valence-electron chi connectivity index (χ2n) is 4.66. The number of quaternary nitrogens is 1. The summed E-state index contributed by atoms with van der Waals surface area (Å²) in [6, 6.07) is 0. The van der Waals surface area contributed by atoms with E-state index in [0.717, 1.165) is 4.48 Å². The molecule has 1 nitrogen and oxygen atoms in total. The Bertz CT molecular complexity index is 183. The quantitative estimate of drug-likeness (QED) is 0.274. The van der Waals surface area contributed by atoms with Crippen molar-refractivity contribution in [1.29, 1.82) is 0 Å². The minimum Gasteiger partial charge on any atom is -0.418 e. The molecule has 160 valence electrons. The lowest BCUT2D eigenvalue weighted by Gasteiger charge is -2.14. The predicted octanol–water partition coefficient (Wildman–Crippen LogP) is 5.52. The van der Waals surface area contributed by atoms with Gasteiger partial charge in [-0.25, -0.2) is 0 Å². The van der Waals surface area contributed by atoms with Crippen molar-refractivity contribution in [2.45, 2.75) is 0 Å². The van der Waals surface area contributed by atoms with Gasteiger partial charge in [-0.1, -0.05) is 0 Å². The highest BCUT2D eigenvalue weighted by atomic mass is 19.5. The Morgan fingerprint density at radius 1 is 0.320 bits per heavy atom. The number of nitrogens with zero attached hydrogens (tertiary/aromatic N) is 1. The van der Waals surface area contributed by atoms with Gasteiger partial charge >= 0.3 is 29.0 Å². The fourth-order valence-corrected chi connectivity index (χ4v) is 0. The molecule has 0 aromatic rings. The van der Waals surface area contributed by atoms with E-state index in [1.807, 2.05) is 0 Å². The Kier molecular flexibility index (Phi) is 18.8. The van der Waals surface area contributed by atoms with Crippen molar-refractivity contribution < 1.29 is 73.5 Å². The highest BCUT2D eigenvalue weighted by molar-refractivity contribution is 6.50. The molecule has 0 fully saturated rings. The SMILES string of the molecule is C[N+](C)(C)C.F[B-](F)(F)F.F[B-](F)(F)F.F[B-](F)(F)F.F[B-](F)(F)F. The van der Waals surface area contributed by atoms with E-state index in [2.05, 4.69) is 28.2 Å². The normalized spacial score (nSPS) is 12.0. The molecule has 25 heavy (non-hydrogen) atoms. The molecule has 0 amide bonds. The van der Waals surface area contributed by atoms with Crippen LogP contribution in [0, 0.1) is 0 Å². The van der Waals surface area contributed by atoms with Crippen LogP contribution in [0.15, 0.2) is 0 Å². The smallest absolute Gasteiger partial charge is 0.418 e. The standard InChI is InChI=1S/C4H12N.4BF4/c1-5(2,3)4;4*2-1(3,4)5/h1-4H3;;;;/q+1;4*-1. The molecule has 0 aromatic carbocycles. The topological polar surface area (TPSA) is 0 Å². The number of rotatable bonds is 0. The van der Waals surface area contributed by atoms with Crippen LogP contribution in [0.5, 0.6) is 0 Å². The molecule has 0 spiro atoms. The summed E-state index contributed by atoms with van der Waals surface area (Å²) in [5.41, 5.74) is 0. The van der Waals surface area contributed by atoms with Crippen LogP contribution in [0.25, 0.3) is 0 Å². The Balaban J connectivity index is -0.0000000667. The molecular weight excluding hydrogens is 409 g/mol. The first kappa shape index (κ1) is 35.3. The van der Waals surface area contributed by atoms with Crippen molar-refractivity contribution in [2.75, 3.05) is 28.2 Å². The predicted molar refractivity (Wildman–Crippen MR) is 64.7 cm³/mol. The summed E-state index contributed by atoms with van der Waals surface area (Å²) in [4.78, 5) is 0. The van der Waals surface area contributed by atoms with Crippen LogP contribution in [0.1, 0.15) is 0 Å². The van der Waals surface area contributed by atoms with Gasteiger partial charge in [-0.2, -0.15) is 0 Å². The molecule has 0 aliphatic heterocycles. The molecule has 21 heteroatoms. The average molecular weight is 421 g/mol. The molecule has 0 heterocycles. The fraction of sp³-hybridized carbons (Fsp3) is 1.00. The molecule has 0 saturated heterocycles. The summed E-state index contributed by atoms with van der Waals surface area (Å²) in [6.07, 6.45) is 0. The lowest BCUT2D eigenvalue weighted by Crippen LogP contribution is -2.27.